The molecule has 1 saturated heterocycles. The summed E-state index contributed by atoms with van der Waals surface area (Å²) in [6.07, 6.45) is 1.48. The van der Waals surface area contributed by atoms with E-state index in [9.17, 15) is 14.7 Å². The van der Waals surface area contributed by atoms with Gasteiger partial charge in [0.05, 0.1) is 5.92 Å². The van der Waals surface area contributed by atoms with Gasteiger partial charge in [-0.25, -0.2) is 5.01 Å². The van der Waals surface area contributed by atoms with Crippen LogP contribution >= 0.6 is 12.4 Å². The summed E-state index contributed by atoms with van der Waals surface area (Å²) in [6.45, 7) is 10.2. The molecule has 3 rings (SSSR count). The molecule has 1 heterocycles. The molecule has 0 saturated carbocycles. The van der Waals surface area contributed by atoms with Crippen LogP contribution in [0.25, 0.3) is 0 Å². The maximum absolute atomic E-state index is 13.8. The van der Waals surface area contributed by atoms with E-state index in [-0.39, 0.29) is 59.2 Å². The maximum atomic E-state index is 13.8. The van der Waals surface area contributed by atoms with Crippen LogP contribution < -0.4 is 5.32 Å². The van der Waals surface area contributed by atoms with E-state index >= 15 is 0 Å². The van der Waals surface area contributed by atoms with Gasteiger partial charge < -0.3 is 15.9 Å². The molecular weight excluding hydrogens is 466 g/mol. The maximum Gasteiger partial charge on any atom is 0.244 e. The average Bonchev–Trinajstić information content (AvgIpc) is 2.81. The topological polar surface area (TPSA) is 104 Å². The number of carbonyl (C=O) groups is 2. The van der Waals surface area contributed by atoms with Gasteiger partial charge in [-0.15, -0.1) is 12.4 Å². The largest absolute Gasteiger partial charge is 0.508 e. The molecule has 0 spiro atoms. The van der Waals surface area contributed by atoms with Gasteiger partial charge in [0.25, 0.3) is 0 Å². The Balaban J connectivity index is 0.00000306. The number of hydrogen-bond donors (Lipinski definition) is 2. The summed E-state index contributed by atoms with van der Waals surface area (Å²) >= 11 is 0. The number of phenols is 1. The zero-order chi connectivity index (χ0) is 24.0. The highest BCUT2D eigenvalue weighted by atomic mass is 35.5. The SMILES string of the molecule is CCNC(=O)CN(C(=O)C(CC)c1ccccc1)N1CCC(C)(c2cccc(O)c2)C(C)C1.Cl.O. The number of halogens is 1. The lowest BCUT2D eigenvalue weighted by Gasteiger charge is -2.48. The summed E-state index contributed by atoms with van der Waals surface area (Å²) in [6, 6.07) is 17.3. The molecule has 2 amide bonds. The van der Waals surface area contributed by atoms with E-state index in [1.165, 1.54) is 0 Å². The Kier molecular flexibility index (Phi) is 11.7. The van der Waals surface area contributed by atoms with Crippen molar-refractivity contribution >= 4 is 24.2 Å². The second kappa shape index (κ2) is 13.5. The summed E-state index contributed by atoms with van der Waals surface area (Å²) in [5, 5.41) is 16.6. The minimum absolute atomic E-state index is 0. The number of carbonyl (C=O) groups excluding carboxylic acids is 2. The van der Waals surface area contributed by atoms with Gasteiger partial charge >= 0.3 is 0 Å². The number of hydrazine groups is 1. The molecule has 4 N–H and O–H groups in total. The third kappa shape index (κ3) is 6.97. The Morgan fingerprint density at radius 2 is 1.86 bits per heavy atom. The number of phenolic OH excluding ortho intramolecular Hbond substituents is 1. The lowest BCUT2D eigenvalue weighted by molar-refractivity contribution is -0.160. The van der Waals surface area contributed by atoms with Crippen LogP contribution in [-0.4, -0.2) is 58.6 Å². The van der Waals surface area contributed by atoms with Crippen LogP contribution in [0.3, 0.4) is 0 Å². The lowest BCUT2D eigenvalue weighted by atomic mass is 9.68. The van der Waals surface area contributed by atoms with Gasteiger partial charge in [0.2, 0.25) is 11.8 Å². The molecule has 0 radical (unpaired) electrons. The Morgan fingerprint density at radius 1 is 1.17 bits per heavy atom. The number of nitrogens with zero attached hydrogens (tertiary/aromatic N) is 2. The van der Waals surface area contributed by atoms with Crippen molar-refractivity contribution in [1.29, 1.82) is 0 Å². The molecule has 1 aliphatic heterocycles. The molecule has 2 aromatic carbocycles. The standard InChI is InChI=1S/C27H37N3O3.ClH.H2O/c1-5-24(21-11-8-7-9-12-21)26(33)30(19-25(32)28-6-2)29-16-15-27(4,20(3)18-29)22-13-10-14-23(31)17-22;;/h7-14,17,20,24,31H,5-6,15-16,18-19H2,1-4H3,(H,28,32);1H;1H2. The number of benzene rings is 2. The normalized spacial score (nSPS) is 20.6. The Labute approximate surface area is 215 Å². The average molecular weight is 506 g/mol. The summed E-state index contributed by atoms with van der Waals surface area (Å²) in [5.74, 6) is 0.000548. The smallest absolute Gasteiger partial charge is 0.244 e. The number of nitrogens with one attached hydrogen (secondary N) is 1. The van der Waals surface area contributed by atoms with Crippen molar-refractivity contribution < 1.29 is 20.2 Å². The van der Waals surface area contributed by atoms with Crippen LogP contribution in [-0.2, 0) is 15.0 Å². The van der Waals surface area contributed by atoms with E-state index in [4.69, 9.17) is 0 Å². The Hall–Kier alpha value is -2.61. The van der Waals surface area contributed by atoms with Gasteiger partial charge in [-0.05, 0) is 54.4 Å². The van der Waals surface area contributed by atoms with Crippen molar-refractivity contribution in [2.24, 2.45) is 5.92 Å². The Bertz CT molecular complexity index is 958. The van der Waals surface area contributed by atoms with Crippen molar-refractivity contribution in [2.75, 3.05) is 26.2 Å². The molecule has 35 heavy (non-hydrogen) atoms. The van der Waals surface area contributed by atoms with Crippen LogP contribution in [0, 0.1) is 5.92 Å². The minimum Gasteiger partial charge on any atom is -0.508 e. The molecule has 194 valence electrons. The fraction of sp³-hybridized carbons (Fsp3) is 0.481. The van der Waals surface area contributed by atoms with Crippen molar-refractivity contribution in [3.63, 3.8) is 0 Å². The molecule has 0 aliphatic carbocycles. The van der Waals surface area contributed by atoms with Crippen molar-refractivity contribution in [1.82, 2.24) is 15.3 Å². The molecule has 1 fully saturated rings. The minimum atomic E-state index is -0.296. The molecule has 8 heteroatoms. The number of aromatic hydroxyl groups is 1. The molecule has 0 bridgehead atoms. The predicted octanol–water partition coefficient (Wildman–Crippen LogP) is 3.66. The third-order valence-electron chi connectivity index (χ3n) is 7.14. The van der Waals surface area contributed by atoms with E-state index in [1.54, 1.807) is 11.1 Å². The first-order valence-electron chi connectivity index (χ1n) is 12.0. The molecule has 3 atom stereocenters. The number of rotatable bonds is 8. The lowest BCUT2D eigenvalue weighted by Crippen LogP contribution is -2.58. The van der Waals surface area contributed by atoms with E-state index in [0.29, 0.717) is 26.1 Å². The molecule has 0 aromatic heterocycles. The molecular formula is C27H40ClN3O4. The predicted molar refractivity (Wildman–Crippen MR) is 142 cm³/mol. The molecule has 1 aliphatic rings. The Morgan fingerprint density at radius 3 is 2.43 bits per heavy atom. The first-order chi connectivity index (χ1) is 15.8. The van der Waals surface area contributed by atoms with Crippen LogP contribution in [0.4, 0.5) is 0 Å². The highest BCUT2D eigenvalue weighted by Crippen LogP contribution is 2.41. The van der Waals surface area contributed by atoms with Gasteiger partial charge in [-0.1, -0.05) is 63.2 Å². The zero-order valence-corrected chi connectivity index (χ0v) is 22.0. The number of hydrogen-bond acceptors (Lipinski definition) is 4. The third-order valence-corrected chi connectivity index (χ3v) is 7.14. The summed E-state index contributed by atoms with van der Waals surface area (Å²) in [4.78, 5) is 26.3. The van der Waals surface area contributed by atoms with Gasteiger partial charge in [0.15, 0.2) is 0 Å². The van der Waals surface area contributed by atoms with Gasteiger partial charge in [-0.2, -0.15) is 0 Å². The second-order valence-electron chi connectivity index (χ2n) is 9.25. The molecule has 3 unspecified atom stereocenters. The zero-order valence-electron chi connectivity index (χ0n) is 21.2. The molecule has 2 aromatic rings. The molecule has 7 nitrogen and oxygen atoms in total. The summed E-state index contributed by atoms with van der Waals surface area (Å²) in [5.41, 5.74) is 1.95. The summed E-state index contributed by atoms with van der Waals surface area (Å²) < 4.78 is 0. The van der Waals surface area contributed by atoms with Crippen LogP contribution in [0.5, 0.6) is 5.75 Å². The monoisotopic (exact) mass is 505 g/mol. The van der Waals surface area contributed by atoms with Crippen LogP contribution in [0.2, 0.25) is 0 Å². The highest BCUT2D eigenvalue weighted by molar-refractivity contribution is 5.88. The first kappa shape index (κ1) is 30.4. The number of amides is 2. The second-order valence-corrected chi connectivity index (χ2v) is 9.25. The van der Waals surface area contributed by atoms with E-state index in [1.807, 2.05) is 56.3 Å². The summed E-state index contributed by atoms with van der Waals surface area (Å²) in [7, 11) is 0. The van der Waals surface area contributed by atoms with Crippen LogP contribution in [0.15, 0.2) is 54.6 Å². The van der Waals surface area contributed by atoms with E-state index < -0.39 is 0 Å². The van der Waals surface area contributed by atoms with Crippen molar-refractivity contribution in [3.05, 3.63) is 65.7 Å². The van der Waals surface area contributed by atoms with Crippen molar-refractivity contribution in [3.8, 4) is 5.75 Å². The highest BCUT2D eigenvalue weighted by Gasteiger charge is 2.41. The quantitative estimate of drug-likeness (QED) is 0.571. The van der Waals surface area contributed by atoms with Crippen LogP contribution in [0.1, 0.15) is 57.6 Å². The van der Waals surface area contributed by atoms with Crippen molar-refractivity contribution in [2.45, 2.75) is 51.9 Å². The van der Waals surface area contributed by atoms with E-state index in [2.05, 4.69) is 30.2 Å². The van der Waals surface area contributed by atoms with E-state index in [0.717, 1.165) is 17.5 Å². The first-order valence-corrected chi connectivity index (χ1v) is 12.0. The fourth-order valence-electron chi connectivity index (χ4n) is 4.85. The van der Waals surface area contributed by atoms with Gasteiger partial charge in [-0.3, -0.25) is 14.6 Å². The van der Waals surface area contributed by atoms with Gasteiger partial charge in [0.1, 0.15) is 12.3 Å². The number of piperidine rings is 1. The van der Waals surface area contributed by atoms with Gasteiger partial charge in [0, 0.05) is 19.6 Å². The number of likely N-dealkylation sites (N-methyl/N-ethyl adjacent to an activating group) is 1. The fourth-order valence-corrected chi connectivity index (χ4v) is 4.85.